The second-order valence-electron chi connectivity index (χ2n) is 5.27. The Morgan fingerprint density at radius 2 is 1.67 bits per heavy atom. The lowest BCUT2D eigenvalue weighted by molar-refractivity contribution is 0.247. The first-order valence-electron chi connectivity index (χ1n) is 8.23. The lowest BCUT2D eigenvalue weighted by atomic mass is 10.3. The Balaban J connectivity index is 1.69. The Hall–Kier alpha value is -2.69. The first-order valence-corrected chi connectivity index (χ1v) is 8.23. The third-order valence-corrected chi connectivity index (χ3v) is 3.20. The quantitative estimate of drug-likeness (QED) is 0.682. The van der Waals surface area contributed by atoms with Gasteiger partial charge in [0.2, 0.25) is 0 Å². The minimum atomic E-state index is -0.203. The molecule has 0 saturated carbocycles. The van der Waals surface area contributed by atoms with Gasteiger partial charge in [0.1, 0.15) is 11.5 Å². The Bertz CT molecular complexity index is 617. The number of urea groups is 1. The molecule has 0 atom stereocenters. The molecule has 0 heterocycles. The van der Waals surface area contributed by atoms with Gasteiger partial charge in [0.25, 0.3) is 0 Å². The van der Waals surface area contributed by atoms with Crippen LogP contribution in [0.1, 0.15) is 19.8 Å². The van der Waals surface area contributed by atoms with Crippen molar-refractivity contribution in [1.29, 1.82) is 0 Å². The normalized spacial score (nSPS) is 10.0. The molecule has 2 amide bonds. The number of hydrogen-bond donors (Lipinski definition) is 2. The molecule has 0 saturated heterocycles. The average Bonchev–Trinajstić information content (AvgIpc) is 2.61. The molecule has 24 heavy (non-hydrogen) atoms. The van der Waals surface area contributed by atoms with Gasteiger partial charge >= 0.3 is 6.03 Å². The zero-order chi connectivity index (χ0) is 17.0. The first kappa shape index (κ1) is 17.7. The molecule has 128 valence electrons. The molecule has 0 aliphatic rings. The van der Waals surface area contributed by atoms with Crippen molar-refractivity contribution in [2.45, 2.75) is 19.8 Å². The van der Waals surface area contributed by atoms with Crippen molar-refractivity contribution in [3.63, 3.8) is 0 Å². The maximum atomic E-state index is 11.6. The van der Waals surface area contributed by atoms with E-state index in [0.29, 0.717) is 25.4 Å². The van der Waals surface area contributed by atoms with E-state index in [9.17, 15) is 4.79 Å². The molecule has 0 radical (unpaired) electrons. The SMILES string of the molecule is CCCNC(=O)Nc1cccc(OCCCOc2ccccc2)c1. The second-order valence-corrected chi connectivity index (χ2v) is 5.27. The van der Waals surface area contributed by atoms with E-state index in [1.165, 1.54) is 0 Å². The van der Waals surface area contributed by atoms with Crippen molar-refractivity contribution in [3.8, 4) is 11.5 Å². The van der Waals surface area contributed by atoms with E-state index in [4.69, 9.17) is 9.47 Å². The lowest BCUT2D eigenvalue weighted by Gasteiger charge is -2.10. The Morgan fingerprint density at radius 3 is 2.42 bits per heavy atom. The fourth-order valence-electron chi connectivity index (χ4n) is 2.03. The summed E-state index contributed by atoms with van der Waals surface area (Å²) in [6.45, 7) is 3.82. The van der Waals surface area contributed by atoms with Crippen molar-refractivity contribution in [3.05, 3.63) is 54.6 Å². The Morgan fingerprint density at radius 1 is 0.958 bits per heavy atom. The van der Waals surface area contributed by atoms with Crippen LogP contribution >= 0.6 is 0 Å². The van der Waals surface area contributed by atoms with E-state index in [2.05, 4.69) is 10.6 Å². The van der Waals surface area contributed by atoms with Crippen molar-refractivity contribution in [2.24, 2.45) is 0 Å². The number of amides is 2. The van der Waals surface area contributed by atoms with Crippen LogP contribution < -0.4 is 20.1 Å². The summed E-state index contributed by atoms with van der Waals surface area (Å²) < 4.78 is 11.3. The summed E-state index contributed by atoms with van der Waals surface area (Å²) in [5.41, 5.74) is 0.710. The van der Waals surface area contributed by atoms with E-state index in [0.717, 1.165) is 24.3 Å². The first-order chi connectivity index (χ1) is 11.8. The molecule has 2 aromatic rings. The molecule has 2 N–H and O–H groups in total. The van der Waals surface area contributed by atoms with Gasteiger partial charge in [-0.1, -0.05) is 31.2 Å². The summed E-state index contributed by atoms with van der Waals surface area (Å²) in [6, 6.07) is 16.9. The number of rotatable bonds is 9. The van der Waals surface area contributed by atoms with Gasteiger partial charge in [-0.15, -0.1) is 0 Å². The Kier molecular flexibility index (Phi) is 7.47. The minimum absolute atomic E-state index is 0.203. The molecule has 0 bridgehead atoms. The lowest BCUT2D eigenvalue weighted by Crippen LogP contribution is -2.29. The highest BCUT2D eigenvalue weighted by atomic mass is 16.5. The molecule has 0 aliphatic heterocycles. The predicted molar refractivity (Wildman–Crippen MR) is 95.8 cm³/mol. The van der Waals surface area contributed by atoms with Crippen LogP contribution in [0.3, 0.4) is 0 Å². The number of anilines is 1. The molecular formula is C19H24N2O3. The summed E-state index contributed by atoms with van der Waals surface area (Å²) >= 11 is 0. The largest absolute Gasteiger partial charge is 0.493 e. The number of ether oxygens (including phenoxy) is 2. The standard InChI is InChI=1S/C19H24N2O3/c1-2-12-20-19(22)21-16-8-6-11-18(15-16)24-14-7-13-23-17-9-4-3-5-10-17/h3-6,8-11,15H,2,7,12-14H2,1H3,(H2,20,21,22). The van der Waals surface area contributed by atoms with Gasteiger partial charge in [0.05, 0.1) is 13.2 Å². The molecule has 0 aromatic heterocycles. The number of carbonyl (C=O) groups excluding carboxylic acids is 1. The average molecular weight is 328 g/mol. The smallest absolute Gasteiger partial charge is 0.319 e. The fourth-order valence-corrected chi connectivity index (χ4v) is 2.03. The summed E-state index contributed by atoms with van der Waals surface area (Å²) in [5, 5.41) is 5.55. The van der Waals surface area contributed by atoms with Gasteiger partial charge in [-0.3, -0.25) is 0 Å². The van der Waals surface area contributed by atoms with Gasteiger partial charge in [0, 0.05) is 24.7 Å². The number of carbonyl (C=O) groups is 1. The van der Waals surface area contributed by atoms with Crippen LogP contribution in [0.2, 0.25) is 0 Å². The van der Waals surface area contributed by atoms with Crippen molar-refractivity contribution in [1.82, 2.24) is 5.32 Å². The highest BCUT2D eigenvalue weighted by Crippen LogP contribution is 2.17. The monoisotopic (exact) mass is 328 g/mol. The molecular weight excluding hydrogens is 304 g/mol. The molecule has 2 rings (SSSR count). The van der Waals surface area contributed by atoms with Crippen LogP contribution in [0.25, 0.3) is 0 Å². The van der Waals surface area contributed by atoms with E-state index in [1.54, 1.807) is 0 Å². The minimum Gasteiger partial charge on any atom is -0.493 e. The highest BCUT2D eigenvalue weighted by molar-refractivity contribution is 5.89. The maximum absolute atomic E-state index is 11.6. The maximum Gasteiger partial charge on any atom is 0.319 e. The fraction of sp³-hybridized carbons (Fsp3) is 0.316. The molecule has 0 spiro atoms. The van der Waals surface area contributed by atoms with Gasteiger partial charge in [0.15, 0.2) is 0 Å². The van der Waals surface area contributed by atoms with Gasteiger partial charge in [-0.05, 0) is 30.7 Å². The van der Waals surface area contributed by atoms with Crippen molar-refractivity contribution in [2.75, 3.05) is 25.1 Å². The van der Waals surface area contributed by atoms with Crippen LogP contribution in [0.5, 0.6) is 11.5 Å². The predicted octanol–water partition coefficient (Wildman–Crippen LogP) is 4.07. The molecule has 0 aliphatic carbocycles. The number of benzene rings is 2. The van der Waals surface area contributed by atoms with Gasteiger partial charge in [-0.25, -0.2) is 4.79 Å². The topological polar surface area (TPSA) is 59.6 Å². The Labute approximate surface area is 143 Å². The van der Waals surface area contributed by atoms with Crippen LogP contribution in [0.4, 0.5) is 10.5 Å². The third-order valence-electron chi connectivity index (χ3n) is 3.20. The van der Waals surface area contributed by atoms with Crippen LogP contribution in [-0.2, 0) is 0 Å². The zero-order valence-corrected chi connectivity index (χ0v) is 14.0. The molecule has 5 heteroatoms. The molecule has 5 nitrogen and oxygen atoms in total. The second kappa shape index (κ2) is 10.2. The van der Waals surface area contributed by atoms with E-state index in [1.807, 2.05) is 61.5 Å². The summed E-state index contributed by atoms with van der Waals surface area (Å²) in [4.78, 5) is 11.6. The summed E-state index contributed by atoms with van der Waals surface area (Å²) in [6.07, 6.45) is 1.69. The van der Waals surface area contributed by atoms with E-state index in [-0.39, 0.29) is 6.03 Å². The third kappa shape index (κ3) is 6.60. The van der Waals surface area contributed by atoms with Crippen LogP contribution in [0, 0.1) is 0 Å². The summed E-state index contributed by atoms with van der Waals surface area (Å²) in [5.74, 6) is 1.59. The van der Waals surface area contributed by atoms with Crippen LogP contribution in [-0.4, -0.2) is 25.8 Å². The zero-order valence-electron chi connectivity index (χ0n) is 14.0. The van der Waals surface area contributed by atoms with Gasteiger partial charge in [-0.2, -0.15) is 0 Å². The van der Waals surface area contributed by atoms with E-state index < -0.39 is 0 Å². The number of nitrogens with one attached hydrogen (secondary N) is 2. The molecule has 0 unspecified atom stereocenters. The summed E-state index contributed by atoms with van der Waals surface area (Å²) in [7, 11) is 0. The molecule has 0 fully saturated rings. The van der Waals surface area contributed by atoms with Crippen molar-refractivity contribution >= 4 is 11.7 Å². The number of hydrogen-bond acceptors (Lipinski definition) is 3. The molecule has 2 aromatic carbocycles. The van der Waals surface area contributed by atoms with Crippen LogP contribution in [0.15, 0.2) is 54.6 Å². The number of para-hydroxylation sites is 1. The van der Waals surface area contributed by atoms with Crippen molar-refractivity contribution < 1.29 is 14.3 Å². The van der Waals surface area contributed by atoms with Gasteiger partial charge < -0.3 is 20.1 Å². The van der Waals surface area contributed by atoms with E-state index >= 15 is 0 Å². The highest BCUT2D eigenvalue weighted by Gasteiger charge is 2.02.